The molecular formula is C16H29ClN2O2. The lowest BCUT2D eigenvalue weighted by atomic mass is 9.92. The normalized spacial score (nSPS) is 36.0. The summed E-state index contributed by atoms with van der Waals surface area (Å²) in [5.41, 5.74) is 0. The molecule has 3 aliphatic rings. The summed E-state index contributed by atoms with van der Waals surface area (Å²) in [6.07, 6.45) is 6.94. The van der Waals surface area contributed by atoms with Gasteiger partial charge in [-0.15, -0.1) is 12.4 Å². The first-order valence-corrected chi connectivity index (χ1v) is 8.36. The number of ether oxygens (including phenoxy) is 1. The maximum absolute atomic E-state index is 12.4. The fourth-order valence-electron chi connectivity index (χ4n) is 4.01. The van der Waals surface area contributed by atoms with Gasteiger partial charge >= 0.3 is 0 Å². The van der Waals surface area contributed by atoms with Gasteiger partial charge in [-0.2, -0.15) is 0 Å². The summed E-state index contributed by atoms with van der Waals surface area (Å²) in [5, 5.41) is 3.48. The van der Waals surface area contributed by atoms with Gasteiger partial charge in [0.15, 0.2) is 0 Å². The summed E-state index contributed by atoms with van der Waals surface area (Å²) in [5.74, 6) is 1.94. The van der Waals surface area contributed by atoms with Gasteiger partial charge in [-0.3, -0.25) is 4.79 Å². The van der Waals surface area contributed by atoms with Crippen molar-refractivity contribution in [3.8, 4) is 0 Å². The van der Waals surface area contributed by atoms with Gasteiger partial charge in [-0.1, -0.05) is 0 Å². The highest BCUT2D eigenvalue weighted by Gasteiger charge is 2.31. The van der Waals surface area contributed by atoms with Crippen molar-refractivity contribution in [2.45, 2.75) is 57.7 Å². The van der Waals surface area contributed by atoms with Crippen molar-refractivity contribution in [1.82, 2.24) is 10.2 Å². The average molecular weight is 317 g/mol. The van der Waals surface area contributed by atoms with Gasteiger partial charge in [0.25, 0.3) is 0 Å². The van der Waals surface area contributed by atoms with E-state index in [2.05, 4.69) is 17.1 Å². The topological polar surface area (TPSA) is 41.6 Å². The molecule has 0 aromatic rings. The first kappa shape index (κ1) is 17.0. The molecule has 0 aromatic heterocycles. The molecule has 5 heteroatoms. The summed E-state index contributed by atoms with van der Waals surface area (Å²) in [6.45, 7) is 6.36. The Bertz CT molecular complexity index is 339. The average Bonchev–Trinajstić information content (AvgIpc) is 3.01. The highest BCUT2D eigenvalue weighted by Crippen LogP contribution is 2.28. The maximum Gasteiger partial charge on any atom is 0.222 e. The summed E-state index contributed by atoms with van der Waals surface area (Å²) >= 11 is 0. The van der Waals surface area contributed by atoms with Gasteiger partial charge in [-0.05, 0) is 64.0 Å². The molecule has 2 unspecified atom stereocenters. The summed E-state index contributed by atoms with van der Waals surface area (Å²) in [4.78, 5) is 14.5. The van der Waals surface area contributed by atoms with E-state index in [-0.39, 0.29) is 12.4 Å². The van der Waals surface area contributed by atoms with E-state index in [0.717, 1.165) is 57.3 Å². The van der Waals surface area contributed by atoms with Crippen molar-refractivity contribution < 1.29 is 9.53 Å². The van der Waals surface area contributed by atoms with E-state index >= 15 is 0 Å². The number of hydrogen-bond acceptors (Lipinski definition) is 3. The lowest BCUT2D eigenvalue weighted by molar-refractivity contribution is -0.132. The number of rotatable bonds is 3. The Labute approximate surface area is 134 Å². The summed E-state index contributed by atoms with van der Waals surface area (Å²) < 4.78 is 5.81. The zero-order chi connectivity index (χ0) is 13.9. The van der Waals surface area contributed by atoms with Crippen LogP contribution < -0.4 is 5.32 Å². The van der Waals surface area contributed by atoms with E-state index < -0.39 is 0 Å². The number of carbonyl (C=O) groups excluding carboxylic acids is 1. The Hall–Kier alpha value is -0.320. The van der Waals surface area contributed by atoms with Gasteiger partial charge in [0.2, 0.25) is 5.91 Å². The van der Waals surface area contributed by atoms with Crippen LogP contribution in [0.1, 0.15) is 45.4 Å². The summed E-state index contributed by atoms with van der Waals surface area (Å²) in [6, 6.07) is 0. The Morgan fingerprint density at radius 3 is 2.38 bits per heavy atom. The van der Waals surface area contributed by atoms with Crippen LogP contribution in [0.25, 0.3) is 0 Å². The van der Waals surface area contributed by atoms with E-state index in [9.17, 15) is 4.79 Å². The largest absolute Gasteiger partial charge is 0.375 e. The second-order valence-electron chi connectivity index (χ2n) is 6.82. The second kappa shape index (κ2) is 7.80. The van der Waals surface area contributed by atoms with Crippen molar-refractivity contribution in [3.63, 3.8) is 0 Å². The molecule has 3 saturated heterocycles. The predicted molar refractivity (Wildman–Crippen MR) is 85.7 cm³/mol. The Kier molecular flexibility index (Phi) is 6.33. The maximum atomic E-state index is 12.4. The minimum atomic E-state index is 0. The van der Waals surface area contributed by atoms with E-state index in [0.29, 0.717) is 24.5 Å². The quantitative estimate of drug-likeness (QED) is 0.868. The molecule has 3 rings (SSSR count). The standard InChI is InChI=1S/C16H28N2O2.ClH/c1-12-2-3-15(20-12)4-5-16(19)18-8-6-13-10-17-11-14(13)7-9-18;/h12-15,17H,2-11H2,1H3;1H/t12?,13-,14+,15?;. The number of nitrogens with zero attached hydrogens (tertiary/aromatic N) is 1. The molecule has 0 spiro atoms. The third kappa shape index (κ3) is 4.33. The number of nitrogens with one attached hydrogen (secondary N) is 1. The van der Waals surface area contributed by atoms with Crippen LogP contribution in [-0.4, -0.2) is 49.2 Å². The molecular weight excluding hydrogens is 288 g/mol. The van der Waals surface area contributed by atoms with Crippen molar-refractivity contribution in [1.29, 1.82) is 0 Å². The Morgan fingerprint density at radius 1 is 1.14 bits per heavy atom. The number of hydrogen-bond donors (Lipinski definition) is 1. The lowest BCUT2D eigenvalue weighted by Crippen LogP contribution is -2.33. The lowest BCUT2D eigenvalue weighted by Gasteiger charge is -2.21. The van der Waals surface area contributed by atoms with E-state index in [1.54, 1.807) is 0 Å². The zero-order valence-corrected chi connectivity index (χ0v) is 13.9. The number of fused-ring (bicyclic) bond motifs is 1. The third-order valence-corrected chi connectivity index (χ3v) is 5.37. The number of likely N-dealkylation sites (tertiary alicyclic amines) is 1. The number of halogens is 1. The monoisotopic (exact) mass is 316 g/mol. The van der Waals surface area contributed by atoms with Crippen LogP contribution in [0.4, 0.5) is 0 Å². The van der Waals surface area contributed by atoms with Gasteiger partial charge in [0.1, 0.15) is 0 Å². The molecule has 0 bridgehead atoms. The van der Waals surface area contributed by atoms with Gasteiger partial charge in [-0.25, -0.2) is 0 Å². The molecule has 1 N–H and O–H groups in total. The van der Waals surface area contributed by atoms with Crippen molar-refractivity contribution >= 4 is 18.3 Å². The molecule has 4 atom stereocenters. The van der Waals surface area contributed by atoms with E-state index in [1.807, 2.05) is 0 Å². The molecule has 0 radical (unpaired) electrons. The Balaban J connectivity index is 0.00000161. The van der Waals surface area contributed by atoms with Crippen LogP contribution in [0.2, 0.25) is 0 Å². The van der Waals surface area contributed by atoms with Crippen LogP contribution in [0.15, 0.2) is 0 Å². The smallest absolute Gasteiger partial charge is 0.222 e. The van der Waals surface area contributed by atoms with Crippen molar-refractivity contribution in [2.24, 2.45) is 11.8 Å². The minimum absolute atomic E-state index is 0. The van der Waals surface area contributed by atoms with Gasteiger partial charge in [0, 0.05) is 19.5 Å². The van der Waals surface area contributed by atoms with Crippen LogP contribution in [-0.2, 0) is 9.53 Å². The molecule has 3 aliphatic heterocycles. The molecule has 1 amide bonds. The third-order valence-electron chi connectivity index (χ3n) is 5.37. The minimum Gasteiger partial charge on any atom is -0.375 e. The first-order chi connectivity index (χ1) is 9.72. The molecule has 0 aromatic carbocycles. The molecule has 3 fully saturated rings. The SMILES string of the molecule is CC1CCC(CCC(=O)N2CC[C@@H]3CNC[C@@H]3CC2)O1.Cl. The number of carbonyl (C=O) groups is 1. The number of amides is 1. The fourth-order valence-corrected chi connectivity index (χ4v) is 4.01. The first-order valence-electron chi connectivity index (χ1n) is 8.36. The summed E-state index contributed by atoms with van der Waals surface area (Å²) in [7, 11) is 0. The molecule has 122 valence electrons. The molecule has 21 heavy (non-hydrogen) atoms. The Morgan fingerprint density at radius 2 is 1.81 bits per heavy atom. The predicted octanol–water partition coefficient (Wildman–Crippen LogP) is 2.21. The molecule has 0 aliphatic carbocycles. The highest BCUT2D eigenvalue weighted by molar-refractivity contribution is 5.85. The second-order valence-corrected chi connectivity index (χ2v) is 6.82. The molecule has 3 heterocycles. The molecule has 0 saturated carbocycles. The van der Waals surface area contributed by atoms with Gasteiger partial charge < -0.3 is 15.0 Å². The van der Waals surface area contributed by atoms with E-state index in [1.165, 1.54) is 12.8 Å². The molecule has 4 nitrogen and oxygen atoms in total. The van der Waals surface area contributed by atoms with Crippen LogP contribution in [0.5, 0.6) is 0 Å². The highest BCUT2D eigenvalue weighted by atomic mass is 35.5. The van der Waals surface area contributed by atoms with Crippen molar-refractivity contribution in [2.75, 3.05) is 26.2 Å². The zero-order valence-electron chi connectivity index (χ0n) is 13.1. The fraction of sp³-hybridized carbons (Fsp3) is 0.938. The van der Waals surface area contributed by atoms with Gasteiger partial charge in [0.05, 0.1) is 12.2 Å². The van der Waals surface area contributed by atoms with Crippen LogP contribution in [0.3, 0.4) is 0 Å². The van der Waals surface area contributed by atoms with Crippen LogP contribution in [0, 0.1) is 11.8 Å². The van der Waals surface area contributed by atoms with Crippen molar-refractivity contribution in [3.05, 3.63) is 0 Å². The van der Waals surface area contributed by atoms with Crippen LogP contribution >= 0.6 is 12.4 Å². The van der Waals surface area contributed by atoms with E-state index in [4.69, 9.17) is 4.74 Å².